The van der Waals surface area contributed by atoms with Crippen LogP contribution in [0.3, 0.4) is 0 Å². The maximum absolute atomic E-state index is 6.26. The van der Waals surface area contributed by atoms with E-state index in [0.717, 1.165) is 29.2 Å². The number of rotatable bonds is 5. The molecule has 1 unspecified atom stereocenters. The van der Waals surface area contributed by atoms with Gasteiger partial charge in [0.05, 0.1) is 6.04 Å². The Balaban J connectivity index is 2.41. The molecule has 0 saturated heterocycles. The van der Waals surface area contributed by atoms with E-state index in [1.807, 2.05) is 25.3 Å². The molecule has 2 nitrogen and oxygen atoms in total. The molecule has 1 atom stereocenters. The molecule has 0 spiro atoms. The molecule has 20 heavy (non-hydrogen) atoms. The molecule has 0 aliphatic carbocycles. The van der Waals surface area contributed by atoms with E-state index in [-0.39, 0.29) is 6.04 Å². The Morgan fingerprint density at radius 1 is 1.20 bits per heavy atom. The molecule has 106 valence electrons. The maximum atomic E-state index is 6.26. The fourth-order valence-corrected chi connectivity index (χ4v) is 2.46. The van der Waals surface area contributed by atoms with Crippen LogP contribution in [0.15, 0.2) is 36.5 Å². The SMILES string of the molecule is CCCNC(c1ccc(C)nc1)c1cccc(Cl)c1C. The zero-order chi connectivity index (χ0) is 14.5. The predicted octanol–water partition coefficient (Wildman–Crippen LogP) is 4.44. The molecule has 0 saturated carbocycles. The number of nitrogens with zero attached hydrogens (tertiary/aromatic N) is 1. The molecule has 0 amide bonds. The topological polar surface area (TPSA) is 24.9 Å². The van der Waals surface area contributed by atoms with Crippen molar-refractivity contribution in [1.29, 1.82) is 0 Å². The van der Waals surface area contributed by atoms with Crippen molar-refractivity contribution in [3.8, 4) is 0 Å². The second-order valence-corrected chi connectivity index (χ2v) is 5.48. The van der Waals surface area contributed by atoms with Crippen molar-refractivity contribution >= 4 is 11.6 Å². The van der Waals surface area contributed by atoms with E-state index in [1.54, 1.807) is 0 Å². The third-order valence-electron chi connectivity index (χ3n) is 3.49. The van der Waals surface area contributed by atoms with Gasteiger partial charge in [-0.15, -0.1) is 0 Å². The standard InChI is InChI=1S/C17H21ClN2/c1-4-10-19-17(14-9-8-12(2)20-11-14)15-6-5-7-16(18)13(15)3/h5-9,11,17,19H,4,10H2,1-3H3. The van der Waals surface area contributed by atoms with E-state index in [9.17, 15) is 0 Å². The lowest BCUT2D eigenvalue weighted by Gasteiger charge is -2.22. The molecule has 0 bridgehead atoms. The summed E-state index contributed by atoms with van der Waals surface area (Å²) < 4.78 is 0. The Bertz CT molecular complexity index is 564. The van der Waals surface area contributed by atoms with Gasteiger partial charge in [0.1, 0.15) is 0 Å². The number of nitrogens with one attached hydrogen (secondary N) is 1. The first-order valence-corrected chi connectivity index (χ1v) is 7.42. The van der Waals surface area contributed by atoms with Crippen molar-refractivity contribution in [1.82, 2.24) is 10.3 Å². The summed E-state index contributed by atoms with van der Waals surface area (Å²) in [6, 6.07) is 10.4. The summed E-state index contributed by atoms with van der Waals surface area (Å²) >= 11 is 6.26. The molecule has 1 heterocycles. The Hall–Kier alpha value is -1.38. The smallest absolute Gasteiger partial charge is 0.0595 e. The molecule has 2 rings (SSSR count). The van der Waals surface area contributed by atoms with Gasteiger partial charge in [-0.25, -0.2) is 0 Å². The highest BCUT2D eigenvalue weighted by molar-refractivity contribution is 6.31. The van der Waals surface area contributed by atoms with E-state index < -0.39 is 0 Å². The van der Waals surface area contributed by atoms with Gasteiger partial charge < -0.3 is 5.32 Å². The average Bonchev–Trinajstić information content (AvgIpc) is 2.45. The monoisotopic (exact) mass is 288 g/mol. The van der Waals surface area contributed by atoms with Gasteiger partial charge in [-0.3, -0.25) is 4.98 Å². The first-order chi connectivity index (χ1) is 9.63. The Kier molecular flexibility index (Phi) is 5.16. The van der Waals surface area contributed by atoms with Gasteiger partial charge in [0.25, 0.3) is 0 Å². The molecule has 0 fully saturated rings. The van der Waals surface area contributed by atoms with E-state index in [0.29, 0.717) is 0 Å². The van der Waals surface area contributed by atoms with Gasteiger partial charge in [0.2, 0.25) is 0 Å². The molecule has 0 aliphatic rings. The highest BCUT2D eigenvalue weighted by Gasteiger charge is 2.16. The third-order valence-corrected chi connectivity index (χ3v) is 3.90. The largest absolute Gasteiger partial charge is 0.306 e. The van der Waals surface area contributed by atoms with Crippen LogP contribution in [0.4, 0.5) is 0 Å². The first-order valence-electron chi connectivity index (χ1n) is 7.04. The van der Waals surface area contributed by atoms with Crippen LogP contribution in [-0.4, -0.2) is 11.5 Å². The van der Waals surface area contributed by atoms with Crippen molar-refractivity contribution < 1.29 is 0 Å². The van der Waals surface area contributed by atoms with Gasteiger partial charge in [-0.05, 0) is 55.6 Å². The lowest BCUT2D eigenvalue weighted by molar-refractivity contribution is 0.594. The summed E-state index contributed by atoms with van der Waals surface area (Å²) in [6.07, 6.45) is 3.04. The van der Waals surface area contributed by atoms with Gasteiger partial charge in [0.15, 0.2) is 0 Å². The molecule has 0 radical (unpaired) electrons. The van der Waals surface area contributed by atoms with Crippen LogP contribution in [0.5, 0.6) is 0 Å². The second kappa shape index (κ2) is 6.87. The fraction of sp³-hybridized carbons (Fsp3) is 0.353. The predicted molar refractivity (Wildman–Crippen MR) is 85.3 cm³/mol. The summed E-state index contributed by atoms with van der Waals surface area (Å²) in [7, 11) is 0. The summed E-state index contributed by atoms with van der Waals surface area (Å²) in [4.78, 5) is 4.41. The van der Waals surface area contributed by atoms with Crippen LogP contribution in [-0.2, 0) is 0 Å². The van der Waals surface area contributed by atoms with Gasteiger partial charge >= 0.3 is 0 Å². The van der Waals surface area contributed by atoms with E-state index in [4.69, 9.17) is 11.6 Å². The van der Waals surface area contributed by atoms with Crippen molar-refractivity contribution in [3.05, 3.63) is 63.9 Å². The van der Waals surface area contributed by atoms with Gasteiger partial charge in [0, 0.05) is 16.9 Å². The van der Waals surface area contributed by atoms with Crippen molar-refractivity contribution in [2.24, 2.45) is 0 Å². The molecule has 1 aromatic carbocycles. The van der Waals surface area contributed by atoms with Crippen LogP contribution in [0, 0.1) is 13.8 Å². The number of aryl methyl sites for hydroxylation is 1. The fourth-order valence-electron chi connectivity index (χ4n) is 2.28. The lowest BCUT2D eigenvalue weighted by atomic mass is 9.95. The zero-order valence-corrected chi connectivity index (χ0v) is 13.0. The third kappa shape index (κ3) is 3.38. The molecule has 1 N–H and O–H groups in total. The van der Waals surface area contributed by atoms with Gasteiger partial charge in [-0.1, -0.05) is 36.7 Å². The van der Waals surface area contributed by atoms with E-state index >= 15 is 0 Å². The normalized spacial score (nSPS) is 12.4. The van der Waals surface area contributed by atoms with Gasteiger partial charge in [-0.2, -0.15) is 0 Å². The number of aromatic nitrogens is 1. The molecule has 1 aromatic heterocycles. The summed E-state index contributed by atoms with van der Waals surface area (Å²) in [5.74, 6) is 0. The lowest BCUT2D eigenvalue weighted by Crippen LogP contribution is -2.24. The number of halogens is 1. The van der Waals surface area contributed by atoms with Crippen LogP contribution in [0.25, 0.3) is 0 Å². The van der Waals surface area contributed by atoms with Crippen LogP contribution in [0.1, 0.15) is 41.8 Å². The van der Waals surface area contributed by atoms with Crippen LogP contribution in [0.2, 0.25) is 5.02 Å². The number of pyridine rings is 1. The Morgan fingerprint density at radius 3 is 2.65 bits per heavy atom. The maximum Gasteiger partial charge on any atom is 0.0595 e. The summed E-state index contributed by atoms with van der Waals surface area (Å²) in [6.45, 7) is 7.20. The number of hydrogen-bond donors (Lipinski definition) is 1. The highest BCUT2D eigenvalue weighted by Crippen LogP contribution is 2.28. The molecule has 0 aliphatic heterocycles. The Labute approximate surface area is 126 Å². The minimum Gasteiger partial charge on any atom is -0.306 e. The van der Waals surface area contributed by atoms with Crippen LogP contribution >= 0.6 is 11.6 Å². The molecular formula is C17H21ClN2. The van der Waals surface area contributed by atoms with Crippen molar-refractivity contribution in [3.63, 3.8) is 0 Å². The number of hydrogen-bond acceptors (Lipinski definition) is 2. The minimum atomic E-state index is 0.141. The first kappa shape index (κ1) is 15.0. The average molecular weight is 289 g/mol. The number of benzene rings is 1. The molecule has 3 heteroatoms. The van der Waals surface area contributed by atoms with E-state index in [2.05, 4.69) is 42.3 Å². The Morgan fingerprint density at radius 2 is 2.00 bits per heavy atom. The zero-order valence-electron chi connectivity index (χ0n) is 12.3. The quantitative estimate of drug-likeness (QED) is 0.880. The molecular weight excluding hydrogens is 268 g/mol. The highest BCUT2D eigenvalue weighted by atomic mass is 35.5. The summed E-state index contributed by atoms with van der Waals surface area (Å²) in [5, 5.41) is 4.40. The van der Waals surface area contributed by atoms with Crippen molar-refractivity contribution in [2.45, 2.75) is 33.2 Å². The molecule has 2 aromatic rings. The summed E-state index contributed by atoms with van der Waals surface area (Å²) in [5.41, 5.74) is 4.56. The van der Waals surface area contributed by atoms with E-state index in [1.165, 1.54) is 11.1 Å². The minimum absolute atomic E-state index is 0.141. The second-order valence-electron chi connectivity index (χ2n) is 5.07. The van der Waals surface area contributed by atoms with Crippen LogP contribution < -0.4 is 5.32 Å². The van der Waals surface area contributed by atoms with Crippen molar-refractivity contribution in [2.75, 3.05) is 6.54 Å².